The van der Waals surface area contributed by atoms with Crippen LogP contribution in [-0.4, -0.2) is 18.2 Å². The molecule has 3 N–H and O–H groups in total. The Morgan fingerprint density at radius 3 is 2.71 bits per heavy atom. The summed E-state index contributed by atoms with van der Waals surface area (Å²) in [4.78, 5) is 11.4. The average Bonchev–Trinajstić information content (AvgIpc) is 2.37. The summed E-state index contributed by atoms with van der Waals surface area (Å²) in [5.74, 6) is -0.571. The Kier molecular flexibility index (Phi) is 2.97. The van der Waals surface area contributed by atoms with E-state index in [9.17, 15) is 9.90 Å². The summed E-state index contributed by atoms with van der Waals surface area (Å²) in [6, 6.07) is 9.74. The molecule has 2 rings (SSSR count). The van der Waals surface area contributed by atoms with E-state index in [0.717, 1.165) is 10.8 Å². The van der Waals surface area contributed by atoms with Crippen LogP contribution in [-0.2, 0) is 9.53 Å². The Bertz CT molecular complexity index is 566. The summed E-state index contributed by atoms with van der Waals surface area (Å²) in [5, 5.41) is 11.5. The van der Waals surface area contributed by atoms with E-state index in [-0.39, 0.29) is 5.75 Å². The van der Waals surface area contributed by atoms with Gasteiger partial charge in [-0.3, -0.25) is 4.79 Å². The number of aromatic hydroxyl groups is 1. The molecule has 4 nitrogen and oxygen atoms in total. The molecule has 0 aliphatic rings. The number of phenolic OH excluding ortho intramolecular Hbond substituents is 1. The van der Waals surface area contributed by atoms with Gasteiger partial charge in [0.2, 0.25) is 0 Å². The van der Waals surface area contributed by atoms with Crippen LogP contribution in [0.25, 0.3) is 10.8 Å². The van der Waals surface area contributed by atoms with Crippen molar-refractivity contribution in [2.24, 2.45) is 5.73 Å². The quantitative estimate of drug-likeness (QED) is 0.772. The molecule has 0 aromatic heterocycles. The first-order valence-corrected chi connectivity index (χ1v) is 5.19. The van der Waals surface area contributed by atoms with E-state index in [1.165, 1.54) is 13.2 Å². The number of hydrogen-bond acceptors (Lipinski definition) is 4. The van der Waals surface area contributed by atoms with Gasteiger partial charge in [0.25, 0.3) is 0 Å². The molecule has 2 aromatic rings. The summed E-state index contributed by atoms with van der Waals surface area (Å²) in [6.07, 6.45) is 0. The molecule has 0 radical (unpaired) electrons. The molecule has 0 aliphatic heterocycles. The fourth-order valence-corrected chi connectivity index (χ4v) is 1.86. The molecule has 0 saturated heterocycles. The minimum atomic E-state index is -0.980. The number of hydrogen-bond donors (Lipinski definition) is 2. The normalized spacial score (nSPS) is 12.4. The number of carbonyl (C=O) groups excluding carboxylic acids is 1. The summed E-state index contributed by atoms with van der Waals surface area (Å²) in [5.41, 5.74) is 6.18. The molecule has 0 amide bonds. The van der Waals surface area contributed by atoms with Gasteiger partial charge >= 0.3 is 5.97 Å². The van der Waals surface area contributed by atoms with Crippen molar-refractivity contribution in [1.82, 2.24) is 0 Å². The first kappa shape index (κ1) is 11.4. The standard InChI is InChI=1S/C13H13NO3/c1-17-13(16)12(14)11-9-5-3-2-4-8(9)6-7-10(11)15/h2-7,12,15H,14H2,1H3. The molecule has 0 bridgehead atoms. The van der Waals surface area contributed by atoms with E-state index in [2.05, 4.69) is 4.74 Å². The lowest BCUT2D eigenvalue weighted by atomic mass is 9.98. The van der Waals surface area contributed by atoms with Crippen molar-refractivity contribution >= 4 is 16.7 Å². The summed E-state index contributed by atoms with van der Waals surface area (Å²) in [6.45, 7) is 0. The molecular weight excluding hydrogens is 218 g/mol. The van der Waals surface area contributed by atoms with E-state index in [1.54, 1.807) is 6.07 Å². The van der Waals surface area contributed by atoms with Gasteiger partial charge in [-0.05, 0) is 16.8 Å². The minimum absolute atomic E-state index is 0.00148. The molecule has 2 aromatic carbocycles. The second-order valence-electron chi connectivity index (χ2n) is 3.72. The van der Waals surface area contributed by atoms with E-state index in [0.29, 0.717) is 5.56 Å². The van der Waals surface area contributed by atoms with Crippen molar-refractivity contribution in [3.63, 3.8) is 0 Å². The fourth-order valence-electron chi connectivity index (χ4n) is 1.86. The van der Waals surface area contributed by atoms with Crippen molar-refractivity contribution in [3.05, 3.63) is 42.0 Å². The lowest BCUT2D eigenvalue weighted by Crippen LogP contribution is -2.22. The van der Waals surface area contributed by atoms with Crippen LogP contribution in [0.5, 0.6) is 5.75 Å². The Labute approximate surface area is 98.6 Å². The van der Waals surface area contributed by atoms with Crippen LogP contribution < -0.4 is 5.73 Å². The lowest BCUT2D eigenvalue weighted by Gasteiger charge is -2.14. The Balaban J connectivity index is 2.66. The number of rotatable bonds is 2. The van der Waals surface area contributed by atoms with Crippen molar-refractivity contribution in [1.29, 1.82) is 0 Å². The molecule has 1 atom stereocenters. The number of fused-ring (bicyclic) bond motifs is 1. The molecule has 1 unspecified atom stereocenters. The molecule has 0 saturated carbocycles. The molecule has 0 heterocycles. The van der Waals surface area contributed by atoms with Crippen LogP contribution in [0, 0.1) is 0 Å². The first-order valence-electron chi connectivity index (χ1n) is 5.19. The van der Waals surface area contributed by atoms with Crippen LogP contribution in [0.3, 0.4) is 0 Å². The Hall–Kier alpha value is -2.07. The van der Waals surface area contributed by atoms with Gasteiger partial charge in [0.05, 0.1) is 7.11 Å². The van der Waals surface area contributed by atoms with Crippen molar-refractivity contribution in [2.45, 2.75) is 6.04 Å². The molecule has 0 spiro atoms. The molecular formula is C13H13NO3. The van der Waals surface area contributed by atoms with Gasteiger partial charge in [-0.1, -0.05) is 30.3 Å². The maximum absolute atomic E-state index is 11.4. The number of phenols is 1. The van der Waals surface area contributed by atoms with E-state index >= 15 is 0 Å². The van der Waals surface area contributed by atoms with E-state index in [1.807, 2.05) is 24.3 Å². The Morgan fingerprint density at radius 1 is 1.29 bits per heavy atom. The summed E-state index contributed by atoms with van der Waals surface area (Å²) >= 11 is 0. The number of ether oxygens (including phenoxy) is 1. The zero-order valence-corrected chi connectivity index (χ0v) is 9.38. The maximum atomic E-state index is 11.4. The van der Waals surface area contributed by atoms with E-state index < -0.39 is 12.0 Å². The maximum Gasteiger partial charge on any atom is 0.327 e. The third kappa shape index (κ3) is 1.94. The van der Waals surface area contributed by atoms with E-state index in [4.69, 9.17) is 5.73 Å². The number of carbonyl (C=O) groups is 1. The highest BCUT2D eigenvalue weighted by Gasteiger charge is 2.21. The fraction of sp³-hybridized carbons (Fsp3) is 0.154. The zero-order chi connectivity index (χ0) is 12.4. The van der Waals surface area contributed by atoms with Crippen molar-refractivity contribution in [2.75, 3.05) is 7.11 Å². The first-order chi connectivity index (χ1) is 8.15. The number of nitrogens with two attached hydrogens (primary N) is 1. The molecule has 17 heavy (non-hydrogen) atoms. The number of esters is 1. The van der Waals surface area contributed by atoms with Gasteiger partial charge in [-0.2, -0.15) is 0 Å². The van der Waals surface area contributed by atoms with Crippen molar-refractivity contribution < 1.29 is 14.6 Å². The second-order valence-corrected chi connectivity index (χ2v) is 3.72. The van der Waals surface area contributed by atoms with Gasteiger partial charge < -0.3 is 15.6 Å². The van der Waals surface area contributed by atoms with Crippen LogP contribution in [0.2, 0.25) is 0 Å². The number of benzene rings is 2. The van der Waals surface area contributed by atoms with Crippen LogP contribution in [0.4, 0.5) is 0 Å². The van der Waals surface area contributed by atoms with Crippen LogP contribution >= 0.6 is 0 Å². The topological polar surface area (TPSA) is 72.5 Å². The number of methoxy groups -OCH3 is 1. The minimum Gasteiger partial charge on any atom is -0.508 e. The molecule has 4 heteroatoms. The summed E-state index contributed by atoms with van der Waals surface area (Å²) in [7, 11) is 1.27. The van der Waals surface area contributed by atoms with Gasteiger partial charge in [0.1, 0.15) is 11.8 Å². The third-order valence-electron chi connectivity index (χ3n) is 2.71. The SMILES string of the molecule is COC(=O)C(N)c1c(O)ccc2ccccc12. The zero-order valence-electron chi connectivity index (χ0n) is 9.38. The molecule has 88 valence electrons. The third-order valence-corrected chi connectivity index (χ3v) is 2.71. The monoisotopic (exact) mass is 231 g/mol. The van der Waals surface area contributed by atoms with Gasteiger partial charge in [0.15, 0.2) is 0 Å². The average molecular weight is 231 g/mol. The smallest absolute Gasteiger partial charge is 0.327 e. The highest BCUT2D eigenvalue weighted by molar-refractivity contribution is 5.92. The van der Waals surface area contributed by atoms with Crippen LogP contribution in [0.15, 0.2) is 36.4 Å². The summed E-state index contributed by atoms with van der Waals surface area (Å²) < 4.78 is 4.60. The second kappa shape index (κ2) is 4.43. The predicted molar refractivity (Wildman–Crippen MR) is 64.6 cm³/mol. The van der Waals surface area contributed by atoms with Gasteiger partial charge in [-0.15, -0.1) is 0 Å². The van der Waals surface area contributed by atoms with Gasteiger partial charge in [-0.25, -0.2) is 0 Å². The van der Waals surface area contributed by atoms with Crippen molar-refractivity contribution in [3.8, 4) is 5.75 Å². The Morgan fingerprint density at radius 2 is 2.00 bits per heavy atom. The predicted octanol–water partition coefficient (Wildman–Crippen LogP) is 1.72. The highest BCUT2D eigenvalue weighted by Crippen LogP contribution is 2.31. The largest absolute Gasteiger partial charge is 0.508 e. The van der Waals surface area contributed by atoms with Gasteiger partial charge in [0, 0.05) is 5.56 Å². The lowest BCUT2D eigenvalue weighted by molar-refractivity contribution is -0.142. The van der Waals surface area contributed by atoms with Crippen LogP contribution in [0.1, 0.15) is 11.6 Å². The molecule has 0 aliphatic carbocycles. The molecule has 0 fully saturated rings. The highest BCUT2D eigenvalue weighted by atomic mass is 16.5.